The summed E-state index contributed by atoms with van der Waals surface area (Å²) in [5.74, 6) is -2.28. The van der Waals surface area contributed by atoms with E-state index in [0.29, 0.717) is 27.2 Å². The number of carbonyl (C=O) groups excluding carboxylic acids is 2. The largest absolute Gasteiger partial charge is 0.418 e. The van der Waals surface area contributed by atoms with Gasteiger partial charge in [0, 0.05) is 43.9 Å². The molecule has 3 heterocycles. The number of halogens is 5. The fraction of sp³-hybridized carbons (Fsp3) is 0.259. The lowest BCUT2D eigenvalue weighted by atomic mass is 9.85. The summed E-state index contributed by atoms with van der Waals surface area (Å²) >= 11 is 6.37. The maximum Gasteiger partial charge on any atom is 0.418 e. The molecule has 2 aromatic carbocycles. The lowest BCUT2D eigenvalue weighted by molar-refractivity contribution is -0.138. The fourth-order valence-corrected chi connectivity index (χ4v) is 5.17. The summed E-state index contributed by atoms with van der Waals surface area (Å²) in [4.78, 5) is 36.0. The van der Waals surface area contributed by atoms with Crippen molar-refractivity contribution in [1.29, 1.82) is 0 Å². The van der Waals surface area contributed by atoms with Crippen LogP contribution in [0.1, 0.15) is 44.3 Å². The van der Waals surface area contributed by atoms with E-state index in [-0.39, 0.29) is 25.4 Å². The number of aryl methyl sites for hydroxylation is 1. The minimum absolute atomic E-state index is 0.130. The first-order chi connectivity index (χ1) is 18.5. The Labute approximate surface area is 225 Å². The van der Waals surface area contributed by atoms with Gasteiger partial charge in [0.1, 0.15) is 17.0 Å². The highest BCUT2D eigenvalue weighted by Crippen LogP contribution is 2.33. The van der Waals surface area contributed by atoms with Crippen LogP contribution in [0.2, 0.25) is 5.02 Å². The molecule has 1 N–H and O–H groups in total. The number of piperidine rings is 1. The van der Waals surface area contributed by atoms with Gasteiger partial charge in [-0.3, -0.25) is 14.6 Å². The van der Waals surface area contributed by atoms with Crippen LogP contribution in [0.3, 0.4) is 0 Å². The van der Waals surface area contributed by atoms with Crippen molar-refractivity contribution in [2.75, 3.05) is 13.1 Å². The number of nitrogens with zero attached hydrogens (tertiary/aromatic N) is 4. The molecule has 2 aromatic heterocycles. The zero-order chi connectivity index (χ0) is 27.9. The van der Waals surface area contributed by atoms with Gasteiger partial charge in [0.15, 0.2) is 0 Å². The third-order valence-corrected chi connectivity index (χ3v) is 7.16. The minimum atomic E-state index is -4.76. The summed E-state index contributed by atoms with van der Waals surface area (Å²) in [6, 6.07) is 10.1. The van der Waals surface area contributed by atoms with Crippen LogP contribution >= 0.6 is 11.6 Å². The van der Waals surface area contributed by atoms with Crippen molar-refractivity contribution in [2.24, 2.45) is 7.05 Å². The average Bonchev–Trinajstić information content (AvgIpc) is 3.29. The summed E-state index contributed by atoms with van der Waals surface area (Å²) in [6.07, 6.45) is -1.80. The standard InChI is InChI=1S/C27H22ClF4N5O2/c1-36-14-34-24-20(28)11-16(12-22(24)36)26(39)37-10-8-21(18(13-37)15-4-6-17(29)7-5-15)35-25(38)23-19(27(30,31)32)3-2-9-33-23/h2-7,9,11-12,14,18,21H,8,10,13H2,1H3,(H,35,38)/t18-,21-/m1/s1. The van der Waals surface area contributed by atoms with E-state index in [1.54, 1.807) is 35.0 Å². The number of benzene rings is 2. The van der Waals surface area contributed by atoms with Crippen molar-refractivity contribution in [3.63, 3.8) is 0 Å². The molecule has 0 spiro atoms. The topological polar surface area (TPSA) is 80.1 Å². The number of carbonyl (C=O) groups is 2. The number of alkyl halides is 3. The van der Waals surface area contributed by atoms with Crippen LogP contribution < -0.4 is 5.32 Å². The first-order valence-corrected chi connectivity index (χ1v) is 12.4. The number of fused-ring (bicyclic) bond motifs is 1. The van der Waals surface area contributed by atoms with Crippen molar-refractivity contribution in [2.45, 2.75) is 24.6 Å². The van der Waals surface area contributed by atoms with Gasteiger partial charge in [-0.25, -0.2) is 9.37 Å². The number of imidazole rings is 1. The number of amides is 2. The second kappa shape index (κ2) is 10.3. The average molecular weight is 560 g/mol. The molecule has 1 aliphatic rings. The Morgan fingerprint density at radius 1 is 1.10 bits per heavy atom. The summed E-state index contributed by atoms with van der Waals surface area (Å²) in [5.41, 5.74) is 0.334. The molecule has 5 rings (SSSR count). The molecule has 1 saturated heterocycles. The van der Waals surface area contributed by atoms with E-state index in [9.17, 15) is 27.2 Å². The monoisotopic (exact) mass is 559 g/mol. The SMILES string of the molecule is Cn1cnc2c(Cl)cc(C(=O)N3CC[C@@H](NC(=O)c4ncccc4C(F)(F)F)[C@@H](c4ccc(F)cc4)C3)cc21. The Balaban J connectivity index is 1.43. The molecule has 12 heteroatoms. The maximum absolute atomic E-state index is 13.7. The van der Waals surface area contributed by atoms with Gasteiger partial charge in [-0.1, -0.05) is 23.7 Å². The van der Waals surface area contributed by atoms with Gasteiger partial charge in [-0.2, -0.15) is 13.2 Å². The van der Waals surface area contributed by atoms with E-state index < -0.39 is 41.1 Å². The lowest BCUT2D eigenvalue weighted by Crippen LogP contribution is -2.51. The van der Waals surface area contributed by atoms with E-state index in [2.05, 4.69) is 15.3 Å². The molecular formula is C27H22ClF4N5O2. The van der Waals surface area contributed by atoms with Crippen molar-refractivity contribution >= 4 is 34.4 Å². The summed E-state index contributed by atoms with van der Waals surface area (Å²) in [7, 11) is 1.78. The molecule has 0 bridgehead atoms. The molecule has 0 unspecified atom stereocenters. The maximum atomic E-state index is 13.7. The van der Waals surface area contributed by atoms with Crippen LogP contribution in [0, 0.1) is 5.82 Å². The summed E-state index contributed by atoms with van der Waals surface area (Å²) in [5, 5.41) is 3.01. The fourth-order valence-electron chi connectivity index (χ4n) is 4.90. The summed E-state index contributed by atoms with van der Waals surface area (Å²) < 4.78 is 55.9. The van der Waals surface area contributed by atoms with Crippen molar-refractivity contribution < 1.29 is 27.2 Å². The van der Waals surface area contributed by atoms with E-state index >= 15 is 0 Å². The first kappa shape index (κ1) is 26.6. The Hall–Kier alpha value is -3.99. The van der Waals surface area contributed by atoms with Crippen LogP contribution in [-0.4, -0.2) is 50.4 Å². The second-order valence-corrected chi connectivity index (χ2v) is 9.76. The van der Waals surface area contributed by atoms with Gasteiger partial charge >= 0.3 is 6.18 Å². The van der Waals surface area contributed by atoms with Crippen molar-refractivity contribution in [3.8, 4) is 0 Å². The molecule has 0 radical (unpaired) electrons. The van der Waals surface area contributed by atoms with Crippen molar-refractivity contribution in [1.82, 2.24) is 24.8 Å². The number of hydrogen-bond donors (Lipinski definition) is 1. The van der Waals surface area contributed by atoms with E-state index in [4.69, 9.17) is 11.6 Å². The van der Waals surface area contributed by atoms with Crippen LogP contribution in [-0.2, 0) is 13.2 Å². The third-order valence-electron chi connectivity index (χ3n) is 6.87. The molecule has 39 heavy (non-hydrogen) atoms. The van der Waals surface area contributed by atoms with E-state index in [1.165, 1.54) is 24.3 Å². The van der Waals surface area contributed by atoms with Crippen LogP contribution in [0.4, 0.5) is 17.6 Å². The number of likely N-dealkylation sites (tertiary alicyclic amines) is 1. The third kappa shape index (κ3) is 5.31. The zero-order valence-electron chi connectivity index (χ0n) is 20.5. The minimum Gasteiger partial charge on any atom is -0.347 e. The molecule has 2 amide bonds. The Kier molecular flexibility index (Phi) is 7.02. The quantitative estimate of drug-likeness (QED) is 0.348. The first-order valence-electron chi connectivity index (χ1n) is 12.0. The van der Waals surface area contributed by atoms with Gasteiger partial charge < -0.3 is 14.8 Å². The normalized spacial score (nSPS) is 17.8. The second-order valence-electron chi connectivity index (χ2n) is 9.36. The zero-order valence-corrected chi connectivity index (χ0v) is 21.3. The highest BCUT2D eigenvalue weighted by molar-refractivity contribution is 6.35. The van der Waals surface area contributed by atoms with Crippen molar-refractivity contribution in [3.05, 3.63) is 94.3 Å². The number of aromatic nitrogens is 3. The van der Waals surface area contributed by atoms with Gasteiger partial charge in [-0.15, -0.1) is 0 Å². The predicted octanol–water partition coefficient (Wildman–Crippen LogP) is 5.21. The molecule has 202 valence electrons. The Morgan fingerprint density at radius 2 is 1.85 bits per heavy atom. The smallest absolute Gasteiger partial charge is 0.347 e. The molecule has 0 aliphatic carbocycles. The van der Waals surface area contributed by atoms with Crippen LogP contribution in [0.15, 0.2) is 61.1 Å². The molecule has 2 atom stereocenters. The van der Waals surface area contributed by atoms with Crippen LogP contribution in [0.25, 0.3) is 11.0 Å². The molecule has 1 aliphatic heterocycles. The molecule has 1 fully saturated rings. The number of hydrogen-bond acceptors (Lipinski definition) is 4. The van der Waals surface area contributed by atoms with Gasteiger partial charge in [-0.05, 0) is 48.4 Å². The number of rotatable bonds is 4. The van der Waals surface area contributed by atoms with E-state index in [1.807, 2.05) is 0 Å². The molecule has 4 aromatic rings. The number of nitrogens with one attached hydrogen (secondary N) is 1. The molecular weight excluding hydrogens is 538 g/mol. The summed E-state index contributed by atoms with van der Waals surface area (Å²) in [6.45, 7) is 0.349. The van der Waals surface area contributed by atoms with Gasteiger partial charge in [0.25, 0.3) is 11.8 Å². The van der Waals surface area contributed by atoms with Gasteiger partial charge in [0.2, 0.25) is 0 Å². The Bertz CT molecular complexity index is 1550. The van der Waals surface area contributed by atoms with E-state index in [0.717, 1.165) is 18.3 Å². The molecule has 0 saturated carbocycles. The van der Waals surface area contributed by atoms with Gasteiger partial charge in [0.05, 0.1) is 22.4 Å². The van der Waals surface area contributed by atoms with Crippen LogP contribution in [0.5, 0.6) is 0 Å². The highest BCUT2D eigenvalue weighted by Gasteiger charge is 2.38. The lowest BCUT2D eigenvalue weighted by Gasteiger charge is -2.39. The predicted molar refractivity (Wildman–Crippen MR) is 136 cm³/mol. The highest BCUT2D eigenvalue weighted by atomic mass is 35.5. The Morgan fingerprint density at radius 3 is 2.56 bits per heavy atom. The number of pyridine rings is 1. The molecule has 7 nitrogen and oxygen atoms in total.